The molecule has 3 heteroatoms. The van der Waals surface area contributed by atoms with Gasteiger partial charge in [0.15, 0.2) is 11.5 Å². The lowest BCUT2D eigenvalue weighted by molar-refractivity contribution is 0.171. The Kier molecular flexibility index (Phi) is 4.26. The van der Waals surface area contributed by atoms with Crippen LogP contribution in [0.25, 0.3) is 0 Å². The van der Waals surface area contributed by atoms with Crippen LogP contribution in [0.3, 0.4) is 0 Å². The van der Waals surface area contributed by atoms with Gasteiger partial charge in [0.2, 0.25) is 0 Å². The van der Waals surface area contributed by atoms with Gasteiger partial charge in [-0.3, -0.25) is 0 Å². The van der Waals surface area contributed by atoms with E-state index in [0.717, 1.165) is 18.0 Å². The van der Waals surface area contributed by atoms with Crippen LogP contribution >= 0.6 is 0 Å². The van der Waals surface area contributed by atoms with Crippen molar-refractivity contribution in [3.05, 3.63) is 35.4 Å². The first-order chi connectivity index (χ1) is 9.88. The minimum absolute atomic E-state index is 0.316. The van der Waals surface area contributed by atoms with Crippen molar-refractivity contribution in [2.75, 3.05) is 19.8 Å². The van der Waals surface area contributed by atoms with Gasteiger partial charge in [0.1, 0.15) is 13.2 Å². The van der Waals surface area contributed by atoms with Gasteiger partial charge in [-0.05, 0) is 49.9 Å². The van der Waals surface area contributed by atoms with Crippen LogP contribution in [-0.2, 0) is 0 Å². The molecule has 3 nitrogen and oxygen atoms in total. The summed E-state index contributed by atoms with van der Waals surface area (Å²) in [4.78, 5) is 0. The van der Waals surface area contributed by atoms with E-state index in [0.29, 0.717) is 19.3 Å². The molecule has 0 amide bonds. The Balaban J connectivity index is 1.88. The van der Waals surface area contributed by atoms with E-state index in [9.17, 15) is 0 Å². The molecule has 1 aliphatic carbocycles. The van der Waals surface area contributed by atoms with E-state index in [4.69, 9.17) is 9.47 Å². The van der Waals surface area contributed by atoms with Gasteiger partial charge in [-0.15, -0.1) is 0 Å². The fourth-order valence-electron chi connectivity index (χ4n) is 3.03. The molecule has 2 aliphatic rings. The van der Waals surface area contributed by atoms with E-state index in [1.165, 1.54) is 36.8 Å². The highest BCUT2D eigenvalue weighted by Gasteiger charge is 2.20. The van der Waals surface area contributed by atoms with Crippen LogP contribution in [0.15, 0.2) is 29.8 Å². The third-order valence-electron chi connectivity index (χ3n) is 4.00. The molecule has 1 N–H and O–H groups in total. The number of hydrogen-bond donors (Lipinski definition) is 1. The van der Waals surface area contributed by atoms with Crippen molar-refractivity contribution in [3.8, 4) is 11.5 Å². The third-order valence-corrected chi connectivity index (χ3v) is 4.00. The maximum atomic E-state index is 5.71. The Bertz CT molecular complexity index is 496. The average Bonchev–Trinajstić information content (AvgIpc) is 2.53. The van der Waals surface area contributed by atoms with Crippen molar-refractivity contribution in [2.24, 2.45) is 0 Å². The number of ether oxygens (including phenoxy) is 2. The molecule has 1 unspecified atom stereocenters. The smallest absolute Gasteiger partial charge is 0.161 e. The summed E-state index contributed by atoms with van der Waals surface area (Å²) < 4.78 is 11.3. The lowest BCUT2D eigenvalue weighted by Crippen LogP contribution is -2.24. The van der Waals surface area contributed by atoms with Gasteiger partial charge in [-0.1, -0.05) is 24.6 Å². The van der Waals surface area contributed by atoms with Crippen LogP contribution in [0.1, 0.15) is 44.2 Å². The predicted octanol–water partition coefficient (Wildman–Crippen LogP) is 3.61. The normalized spacial score (nSPS) is 19.4. The highest BCUT2D eigenvalue weighted by atomic mass is 16.6. The molecule has 1 aromatic rings. The number of benzene rings is 1. The highest BCUT2D eigenvalue weighted by Crippen LogP contribution is 2.36. The largest absolute Gasteiger partial charge is 0.486 e. The lowest BCUT2D eigenvalue weighted by atomic mass is 9.89. The average molecular weight is 273 g/mol. The maximum absolute atomic E-state index is 5.71. The zero-order valence-corrected chi connectivity index (χ0v) is 12.2. The van der Waals surface area contributed by atoms with Crippen LogP contribution in [0.4, 0.5) is 0 Å². The minimum Gasteiger partial charge on any atom is -0.486 e. The van der Waals surface area contributed by atoms with Crippen LogP contribution in [-0.4, -0.2) is 19.8 Å². The fraction of sp³-hybridized carbons (Fsp3) is 0.529. The highest BCUT2D eigenvalue weighted by molar-refractivity contribution is 5.46. The number of hydrogen-bond acceptors (Lipinski definition) is 3. The van der Waals surface area contributed by atoms with E-state index in [2.05, 4.69) is 30.4 Å². The zero-order chi connectivity index (χ0) is 13.8. The summed E-state index contributed by atoms with van der Waals surface area (Å²) in [6, 6.07) is 6.65. The molecule has 0 fully saturated rings. The lowest BCUT2D eigenvalue weighted by Gasteiger charge is -2.26. The van der Waals surface area contributed by atoms with Crippen molar-refractivity contribution >= 4 is 0 Å². The van der Waals surface area contributed by atoms with Crippen LogP contribution in [0.5, 0.6) is 11.5 Å². The molecule has 3 rings (SSSR count). The third kappa shape index (κ3) is 2.83. The second kappa shape index (κ2) is 6.31. The summed E-state index contributed by atoms with van der Waals surface area (Å²) in [7, 11) is 0. The first-order valence-electron chi connectivity index (χ1n) is 7.70. The number of nitrogens with one attached hydrogen (secondary N) is 1. The predicted molar refractivity (Wildman–Crippen MR) is 80.4 cm³/mol. The molecule has 0 bridgehead atoms. The van der Waals surface area contributed by atoms with E-state index in [1.807, 2.05) is 6.07 Å². The molecular weight excluding hydrogens is 250 g/mol. The Morgan fingerprint density at radius 2 is 2.00 bits per heavy atom. The number of likely N-dealkylation sites (N-methyl/N-ethyl adjacent to an activating group) is 1. The monoisotopic (exact) mass is 273 g/mol. The summed E-state index contributed by atoms with van der Waals surface area (Å²) in [6.07, 6.45) is 7.45. The number of fused-ring (bicyclic) bond motifs is 1. The van der Waals surface area contributed by atoms with Crippen molar-refractivity contribution in [1.82, 2.24) is 5.32 Å². The van der Waals surface area contributed by atoms with Crippen LogP contribution in [0, 0.1) is 0 Å². The fourth-order valence-corrected chi connectivity index (χ4v) is 3.03. The standard InChI is InChI=1S/C17H23NO2/c1-2-18-17(13-6-4-3-5-7-13)14-8-9-15-16(12-14)20-11-10-19-15/h6,8-9,12,17-18H,2-5,7,10-11H2,1H3. The van der Waals surface area contributed by atoms with E-state index < -0.39 is 0 Å². The first kappa shape index (κ1) is 13.5. The van der Waals surface area contributed by atoms with Crippen LogP contribution < -0.4 is 14.8 Å². The molecule has 0 saturated heterocycles. The van der Waals surface area contributed by atoms with Gasteiger partial charge >= 0.3 is 0 Å². The summed E-state index contributed by atoms with van der Waals surface area (Å²) in [5.41, 5.74) is 2.80. The molecular formula is C17H23NO2. The second-order valence-electron chi connectivity index (χ2n) is 5.42. The summed E-state index contributed by atoms with van der Waals surface area (Å²) in [6.45, 7) is 4.42. The van der Waals surface area contributed by atoms with Gasteiger partial charge in [-0.25, -0.2) is 0 Å². The number of allylic oxidation sites excluding steroid dienone is 1. The Morgan fingerprint density at radius 3 is 2.75 bits per heavy atom. The van der Waals surface area contributed by atoms with E-state index in [-0.39, 0.29) is 0 Å². The molecule has 1 aromatic carbocycles. The maximum Gasteiger partial charge on any atom is 0.161 e. The van der Waals surface area contributed by atoms with E-state index in [1.54, 1.807) is 0 Å². The first-order valence-corrected chi connectivity index (χ1v) is 7.70. The molecule has 0 spiro atoms. The summed E-state index contributed by atoms with van der Waals surface area (Å²) in [5.74, 6) is 1.75. The van der Waals surface area contributed by atoms with Gasteiger partial charge in [0.25, 0.3) is 0 Å². The van der Waals surface area contributed by atoms with Crippen molar-refractivity contribution in [3.63, 3.8) is 0 Å². The SMILES string of the molecule is CCNC(C1=CCCCC1)c1ccc2c(c1)OCCO2. The van der Waals surface area contributed by atoms with Gasteiger partial charge in [0.05, 0.1) is 6.04 Å². The number of rotatable bonds is 4. The van der Waals surface area contributed by atoms with Gasteiger partial charge in [0, 0.05) is 0 Å². The van der Waals surface area contributed by atoms with E-state index >= 15 is 0 Å². The van der Waals surface area contributed by atoms with Crippen molar-refractivity contribution in [2.45, 2.75) is 38.6 Å². The molecule has 1 aliphatic heterocycles. The van der Waals surface area contributed by atoms with Gasteiger partial charge < -0.3 is 14.8 Å². The second-order valence-corrected chi connectivity index (χ2v) is 5.42. The molecule has 1 heterocycles. The Hall–Kier alpha value is -1.48. The molecule has 20 heavy (non-hydrogen) atoms. The molecule has 0 radical (unpaired) electrons. The molecule has 108 valence electrons. The Labute approximate surface area is 121 Å². The summed E-state index contributed by atoms with van der Waals surface area (Å²) >= 11 is 0. The van der Waals surface area contributed by atoms with Crippen LogP contribution in [0.2, 0.25) is 0 Å². The quantitative estimate of drug-likeness (QED) is 0.850. The Morgan fingerprint density at radius 1 is 1.15 bits per heavy atom. The summed E-state index contributed by atoms with van der Waals surface area (Å²) in [5, 5.41) is 3.61. The van der Waals surface area contributed by atoms with Gasteiger partial charge in [-0.2, -0.15) is 0 Å². The topological polar surface area (TPSA) is 30.5 Å². The molecule has 0 aromatic heterocycles. The van der Waals surface area contributed by atoms with Crippen molar-refractivity contribution in [1.29, 1.82) is 0 Å². The zero-order valence-electron chi connectivity index (χ0n) is 12.2. The molecule has 1 atom stereocenters. The molecule has 0 saturated carbocycles. The minimum atomic E-state index is 0.316. The van der Waals surface area contributed by atoms with Crippen molar-refractivity contribution < 1.29 is 9.47 Å².